The van der Waals surface area contributed by atoms with E-state index >= 15 is 0 Å². The van der Waals surface area contributed by atoms with Gasteiger partial charge in [0.1, 0.15) is 11.9 Å². The van der Waals surface area contributed by atoms with Gasteiger partial charge in [-0.25, -0.2) is 0 Å². The number of carboxylic acids is 1. The van der Waals surface area contributed by atoms with Crippen molar-refractivity contribution in [1.29, 1.82) is 0 Å². The number of hydrogen-bond acceptors (Lipinski definition) is 6. The number of aliphatic hydroxyl groups excluding tert-OH is 1. The molecule has 104 valence electrons. The fourth-order valence-electron chi connectivity index (χ4n) is 1.55. The summed E-state index contributed by atoms with van der Waals surface area (Å²) in [5, 5.41) is 29.5. The molecule has 0 aromatic carbocycles. The molecule has 0 aliphatic carbocycles. The largest absolute Gasteiger partial charge is 1.00 e. The Bertz CT molecular complexity index is 328. The van der Waals surface area contributed by atoms with Crippen LogP contribution in [-0.4, -0.2) is 39.5 Å². The van der Waals surface area contributed by atoms with Gasteiger partial charge in [-0.2, -0.15) is 0 Å². The minimum absolute atomic E-state index is 0. The van der Waals surface area contributed by atoms with Crippen LogP contribution in [0.1, 0.15) is 46.0 Å². The third-order valence-corrected chi connectivity index (χ3v) is 2.64. The topological polar surface area (TPSA) is 115 Å². The van der Waals surface area contributed by atoms with Gasteiger partial charge in [0, 0.05) is 12.8 Å². The molecule has 2 N–H and O–H groups in total. The van der Waals surface area contributed by atoms with Crippen molar-refractivity contribution in [1.82, 2.24) is 0 Å². The van der Waals surface area contributed by atoms with Gasteiger partial charge in [0.25, 0.3) is 0 Å². The van der Waals surface area contributed by atoms with Gasteiger partial charge < -0.3 is 20.1 Å². The second kappa shape index (κ2) is 9.61. The van der Waals surface area contributed by atoms with Crippen LogP contribution in [0.2, 0.25) is 0 Å². The number of carboxylic acid groups (broad SMARTS) is 1. The van der Waals surface area contributed by atoms with Crippen molar-refractivity contribution in [3.05, 3.63) is 0 Å². The standard InChI is InChI=1S/C12H20O6.Na/c1-3-4-5-6-9(14)7-12(18,11(16)17)10(15)8(2)13;/h8,13,18H,3-7H2,1-2H3,(H,16,17);/q;+1/p-1. The first-order valence-corrected chi connectivity index (χ1v) is 5.93. The van der Waals surface area contributed by atoms with Crippen molar-refractivity contribution in [3.8, 4) is 0 Å². The van der Waals surface area contributed by atoms with Gasteiger partial charge in [-0.15, -0.1) is 0 Å². The predicted octanol–water partition coefficient (Wildman–Crippen LogP) is -4.04. The molecule has 0 amide bonds. The van der Waals surface area contributed by atoms with E-state index in [0.717, 1.165) is 19.8 Å². The Hall–Kier alpha value is -0.270. The zero-order chi connectivity index (χ0) is 14.3. The summed E-state index contributed by atoms with van der Waals surface area (Å²) in [5.41, 5.74) is -2.93. The minimum atomic E-state index is -2.93. The third kappa shape index (κ3) is 6.63. The van der Waals surface area contributed by atoms with Crippen LogP contribution in [0.5, 0.6) is 0 Å². The number of unbranched alkanes of at least 4 members (excludes halogenated alkanes) is 2. The van der Waals surface area contributed by atoms with Crippen LogP contribution >= 0.6 is 0 Å². The van der Waals surface area contributed by atoms with E-state index in [1.54, 1.807) is 0 Å². The maximum Gasteiger partial charge on any atom is 1.00 e. The number of carbonyl (C=O) groups is 3. The van der Waals surface area contributed by atoms with Crippen LogP contribution in [0.25, 0.3) is 0 Å². The molecule has 0 saturated heterocycles. The number of Topliss-reactive ketones (excluding diaryl/α,β-unsaturated/α-hetero) is 2. The normalized spacial score (nSPS) is 14.9. The first-order valence-electron chi connectivity index (χ1n) is 5.93. The quantitative estimate of drug-likeness (QED) is 0.253. The Kier molecular flexibility index (Phi) is 10.6. The first kappa shape index (κ1) is 21.0. The zero-order valence-corrected chi connectivity index (χ0v) is 13.6. The predicted molar refractivity (Wildman–Crippen MR) is 60.4 cm³/mol. The fraction of sp³-hybridized carbons (Fsp3) is 0.750. The number of hydrogen-bond donors (Lipinski definition) is 2. The number of carbonyl (C=O) groups excluding carboxylic acids is 3. The maximum absolute atomic E-state index is 11.5. The summed E-state index contributed by atoms with van der Waals surface area (Å²) in [5.74, 6) is -3.92. The van der Waals surface area contributed by atoms with Crippen LogP contribution in [0, 0.1) is 0 Å². The molecule has 0 bridgehead atoms. The third-order valence-electron chi connectivity index (χ3n) is 2.64. The van der Waals surface area contributed by atoms with E-state index in [4.69, 9.17) is 5.11 Å². The Balaban J connectivity index is 0. The van der Waals surface area contributed by atoms with Crippen molar-refractivity contribution in [2.75, 3.05) is 0 Å². The van der Waals surface area contributed by atoms with Gasteiger partial charge in [-0.05, 0) is 13.3 Å². The van der Waals surface area contributed by atoms with E-state index in [1.165, 1.54) is 0 Å². The fourth-order valence-corrected chi connectivity index (χ4v) is 1.55. The molecule has 0 aromatic rings. The van der Waals surface area contributed by atoms with Crippen molar-refractivity contribution in [3.63, 3.8) is 0 Å². The number of rotatable bonds is 9. The smallest absolute Gasteiger partial charge is 0.546 e. The molecule has 2 atom stereocenters. The molecule has 0 saturated carbocycles. The summed E-state index contributed by atoms with van der Waals surface area (Å²) in [7, 11) is 0. The van der Waals surface area contributed by atoms with Crippen LogP contribution in [0.15, 0.2) is 0 Å². The van der Waals surface area contributed by atoms with Gasteiger partial charge in [0.15, 0.2) is 11.4 Å². The summed E-state index contributed by atoms with van der Waals surface area (Å²) < 4.78 is 0. The number of ketones is 2. The van der Waals surface area contributed by atoms with Crippen molar-refractivity contribution in [2.45, 2.75) is 57.7 Å². The number of aliphatic hydroxyl groups is 2. The molecule has 0 spiro atoms. The summed E-state index contributed by atoms with van der Waals surface area (Å²) in [4.78, 5) is 33.7. The molecule has 7 heteroatoms. The SMILES string of the molecule is CCCCCC(=O)CC(O)(C(=O)[O-])C(=O)C(C)O.[Na+]. The molecule has 0 heterocycles. The summed E-state index contributed by atoms with van der Waals surface area (Å²) in [6.07, 6.45) is -0.165. The minimum Gasteiger partial charge on any atom is -0.546 e. The van der Waals surface area contributed by atoms with Crippen LogP contribution < -0.4 is 34.7 Å². The van der Waals surface area contributed by atoms with Gasteiger partial charge >= 0.3 is 29.6 Å². The van der Waals surface area contributed by atoms with Crippen molar-refractivity contribution >= 4 is 17.5 Å². The maximum atomic E-state index is 11.5. The van der Waals surface area contributed by atoms with E-state index in [9.17, 15) is 24.6 Å². The summed E-state index contributed by atoms with van der Waals surface area (Å²) in [6.45, 7) is 2.97. The summed E-state index contributed by atoms with van der Waals surface area (Å²) in [6, 6.07) is 0. The molecule has 0 rings (SSSR count). The van der Waals surface area contributed by atoms with Gasteiger partial charge in [0.2, 0.25) is 0 Å². The molecule has 0 aromatic heterocycles. The molecule has 0 fully saturated rings. The van der Waals surface area contributed by atoms with E-state index in [0.29, 0.717) is 6.42 Å². The molecule has 19 heavy (non-hydrogen) atoms. The Morgan fingerprint density at radius 3 is 2.16 bits per heavy atom. The van der Waals surface area contributed by atoms with Crippen molar-refractivity contribution in [2.24, 2.45) is 0 Å². The second-order valence-electron chi connectivity index (χ2n) is 4.36. The van der Waals surface area contributed by atoms with E-state index in [2.05, 4.69) is 0 Å². The molecule has 0 aliphatic rings. The average molecular weight is 282 g/mol. The number of aliphatic carboxylic acids is 1. The molecular formula is C12H19NaO6. The second-order valence-corrected chi connectivity index (χ2v) is 4.36. The van der Waals surface area contributed by atoms with Crippen LogP contribution in [-0.2, 0) is 14.4 Å². The van der Waals surface area contributed by atoms with Crippen molar-refractivity contribution < 1.29 is 59.3 Å². The first-order chi connectivity index (χ1) is 8.25. The average Bonchev–Trinajstić information content (AvgIpc) is 2.27. The summed E-state index contributed by atoms with van der Waals surface area (Å²) >= 11 is 0. The Morgan fingerprint density at radius 1 is 1.26 bits per heavy atom. The zero-order valence-electron chi connectivity index (χ0n) is 11.6. The Morgan fingerprint density at radius 2 is 1.79 bits per heavy atom. The van der Waals surface area contributed by atoms with Gasteiger partial charge in [0.05, 0.1) is 5.97 Å². The monoisotopic (exact) mass is 282 g/mol. The van der Waals surface area contributed by atoms with Gasteiger partial charge in [-0.1, -0.05) is 19.8 Å². The van der Waals surface area contributed by atoms with E-state index in [1.807, 2.05) is 6.92 Å². The molecule has 6 nitrogen and oxygen atoms in total. The Labute approximate surface area is 134 Å². The molecule has 0 aliphatic heterocycles. The van der Waals surface area contributed by atoms with Crippen LogP contribution in [0.4, 0.5) is 0 Å². The molecule has 2 unspecified atom stereocenters. The van der Waals surface area contributed by atoms with E-state index < -0.39 is 35.7 Å². The van der Waals surface area contributed by atoms with Gasteiger partial charge in [-0.3, -0.25) is 9.59 Å². The molecule has 0 radical (unpaired) electrons. The van der Waals surface area contributed by atoms with E-state index in [-0.39, 0.29) is 36.0 Å². The molecular weight excluding hydrogens is 263 g/mol. The van der Waals surface area contributed by atoms with Crippen LogP contribution in [0.3, 0.4) is 0 Å².